The quantitative estimate of drug-likeness (QED) is 0.825. The highest BCUT2D eigenvalue weighted by atomic mass is 16.5. The van der Waals surface area contributed by atoms with Crippen LogP contribution < -0.4 is 4.90 Å². The van der Waals surface area contributed by atoms with Crippen LogP contribution in [0.3, 0.4) is 0 Å². The summed E-state index contributed by atoms with van der Waals surface area (Å²) in [6.07, 6.45) is 4.64. The summed E-state index contributed by atoms with van der Waals surface area (Å²) in [5.41, 5.74) is 0.360. The lowest BCUT2D eigenvalue weighted by Crippen LogP contribution is -2.44. The van der Waals surface area contributed by atoms with Crippen molar-refractivity contribution in [2.24, 2.45) is 0 Å². The van der Waals surface area contributed by atoms with E-state index >= 15 is 0 Å². The molecule has 1 atom stereocenters. The van der Waals surface area contributed by atoms with Crippen molar-refractivity contribution >= 4 is 11.7 Å². The van der Waals surface area contributed by atoms with E-state index in [1.54, 1.807) is 23.4 Å². The molecular weight excluding hydrogens is 308 g/mol. The van der Waals surface area contributed by atoms with Gasteiger partial charge in [-0.1, -0.05) is 0 Å². The molecule has 2 aromatic rings. The molecule has 0 unspecified atom stereocenters. The Balaban J connectivity index is 1.89. The SMILES string of the molecule is CCN(C)c1ccnc([C@H]2COCCN2C(=O)c2ccncn2)n1. The van der Waals surface area contributed by atoms with E-state index < -0.39 is 0 Å². The Morgan fingerprint density at radius 1 is 1.38 bits per heavy atom. The largest absolute Gasteiger partial charge is 0.377 e. The fourth-order valence-electron chi connectivity index (χ4n) is 2.52. The summed E-state index contributed by atoms with van der Waals surface area (Å²) in [5, 5.41) is 0. The van der Waals surface area contributed by atoms with E-state index in [-0.39, 0.29) is 11.9 Å². The van der Waals surface area contributed by atoms with Crippen molar-refractivity contribution in [3.8, 4) is 0 Å². The van der Waals surface area contributed by atoms with E-state index in [0.717, 1.165) is 12.4 Å². The number of aromatic nitrogens is 4. The standard InChI is InChI=1S/C16H20N6O2/c1-3-21(2)14-5-7-18-15(20-14)13-10-24-9-8-22(13)16(23)12-4-6-17-11-19-12/h4-7,11,13H,3,8-10H2,1-2H3/t13-/m1/s1. The molecule has 0 N–H and O–H groups in total. The van der Waals surface area contributed by atoms with Crippen LogP contribution in [0, 0.1) is 0 Å². The molecule has 0 bridgehead atoms. The Labute approximate surface area is 140 Å². The first-order valence-corrected chi connectivity index (χ1v) is 7.89. The average Bonchev–Trinajstić information content (AvgIpc) is 2.67. The van der Waals surface area contributed by atoms with Crippen LogP contribution in [0.2, 0.25) is 0 Å². The molecule has 126 valence electrons. The third kappa shape index (κ3) is 3.33. The summed E-state index contributed by atoms with van der Waals surface area (Å²) in [5.74, 6) is 1.24. The molecule has 1 aliphatic heterocycles. The van der Waals surface area contributed by atoms with Crippen LogP contribution in [-0.4, -0.2) is 64.1 Å². The zero-order valence-corrected chi connectivity index (χ0v) is 13.8. The third-order valence-electron chi connectivity index (χ3n) is 4.01. The molecule has 8 heteroatoms. The van der Waals surface area contributed by atoms with Crippen LogP contribution >= 0.6 is 0 Å². The van der Waals surface area contributed by atoms with Crippen molar-refractivity contribution in [3.05, 3.63) is 42.4 Å². The van der Waals surface area contributed by atoms with E-state index in [0.29, 0.717) is 31.3 Å². The molecule has 0 radical (unpaired) electrons. The first-order chi connectivity index (χ1) is 11.7. The van der Waals surface area contributed by atoms with Crippen molar-refractivity contribution in [1.29, 1.82) is 0 Å². The van der Waals surface area contributed by atoms with Gasteiger partial charge in [0.1, 0.15) is 23.9 Å². The minimum absolute atomic E-state index is 0.163. The number of morpholine rings is 1. The maximum Gasteiger partial charge on any atom is 0.273 e. The number of carbonyl (C=O) groups excluding carboxylic acids is 1. The van der Waals surface area contributed by atoms with Gasteiger partial charge in [0.15, 0.2) is 5.82 Å². The van der Waals surface area contributed by atoms with Gasteiger partial charge in [0.25, 0.3) is 5.91 Å². The molecule has 0 spiro atoms. The minimum Gasteiger partial charge on any atom is -0.377 e. The minimum atomic E-state index is -0.327. The van der Waals surface area contributed by atoms with Crippen molar-refractivity contribution in [3.63, 3.8) is 0 Å². The van der Waals surface area contributed by atoms with Gasteiger partial charge in [-0.25, -0.2) is 19.9 Å². The summed E-state index contributed by atoms with van der Waals surface area (Å²) >= 11 is 0. The van der Waals surface area contributed by atoms with Crippen LogP contribution in [0.4, 0.5) is 5.82 Å². The molecule has 0 saturated carbocycles. The molecule has 24 heavy (non-hydrogen) atoms. The van der Waals surface area contributed by atoms with Gasteiger partial charge in [0.2, 0.25) is 0 Å². The summed E-state index contributed by atoms with van der Waals surface area (Å²) in [6.45, 7) is 4.22. The second kappa shape index (κ2) is 7.31. The number of amides is 1. The van der Waals surface area contributed by atoms with E-state index in [1.807, 2.05) is 18.0 Å². The summed E-state index contributed by atoms with van der Waals surface area (Å²) in [6, 6.07) is 3.14. The lowest BCUT2D eigenvalue weighted by atomic mass is 10.2. The molecule has 0 aromatic carbocycles. The lowest BCUT2D eigenvalue weighted by molar-refractivity contribution is -0.00551. The van der Waals surface area contributed by atoms with Gasteiger partial charge >= 0.3 is 0 Å². The maximum atomic E-state index is 12.8. The normalized spacial score (nSPS) is 17.6. The van der Waals surface area contributed by atoms with Crippen LogP contribution in [0.1, 0.15) is 29.3 Å². The predicted molar refractivity (Wildman–Crippen MR) is 87.6 cm³/mol. The molecule has 1 saturated heterocycles. The highest BCUT2D eigenvalue weighted by molar-refractivity contribution is 5.92. The number of nitrogens with zero attached hydrogens (tertiary/aromatic N) is 6. The molecule has 3 rings (SSSR count). The fourth-order valence-corrected chi connectivity index (χ4v) is 2.52. The Kier molecular flexibility index (Phi) is 4.95. The Morgan fingerprint density at radius 3 is 3.00 bits per heavy atom. The van der Waals surface area contributed by atoms with Gasteiger partial charge in [-0.2, -0.15) is 0 Å². The zero-order chi connectivity index (χ0) is 16.9. The molecule has 1 aliphatic rings. The fraction of sp³-hybridized carbons (Fsp3) is 0.438. The molecule has 1 fully saturated rings. The predicted octanol–water partition coefficient (Wildman–Crippen LogP) is 0.936. The number of anilines is 1. The first-order valence-electron chi connectivity index (χ1n) is 7.89. The number of hydrogen-bond donors (Lipinski definition) is 0. The van der Waals surface area contributed by atoms with Gasteiger partial charge in [0.05, 0.1) is 13.2 Å². The first kappa shape index (κ1) is 16.3. The van der Waals surface area contributed by atoms with Gasteiger partial charge in [0, 0.05) is 32.5 Å². The molecule has 2 aromatic heterocycles. The Hall–Kier alpha value is -2.61. The van der Waals surface area contributed by atoms with E-state index in [9.17, 15) is 4.79 Å². The average molecular weight is 328 g/mol. The Bertz CT molecular complexity index is 696. The topological polar surface area (TPSA) is 84.3 Å². The van der Waals surface area contributed by atoms with Crippen LogP contribution in [0.5, 0.6) is 0 Å². The summed E-state index contributed by atoms with van der Waals surface area (Å²) in [7, 11) is 1.97. The number of rotatable bonds is 4. The lowest BCUT2D eigenvalue weighted by Gasteiger charge is -2.34. The Morgan fingerprint density at radius 2 is 2.25 bits per heavy atom. The number of carbonyl (C=O) groups is 1. The van der Waals surface area contributed by atoms with E-state index in [4.69, 9.17) is 4.74 Å². The summed E-state index contributed by atoms with van der Waals surface area (Å²) in [4.78, 5) is 33.4. The maximum absolute atomic E-state index is 12.8. The second-order valence-electron chi connectivity index (χ2n) is 5.47. The van der Waals surface area contributed by atoms with Gasteiger partial charge in [-0.3, -0.25) is 4.79 Å². The smallest absolute Gasteiger partial charge is 0.273 e. The van der Waals surface area contributed by atoms with Gasteiger partial charge < -0.3 is 14.5 Å². The van der Waals surface area contributed by atoms with Crippen molar-refractivity contribution in [1.82, 2.24) is 24.8 Å². The highest BCUT2D eigenvalue weighted by Gasteiger charge is 2.32. The molecular formula is C16H20N6O2. The van der Waals surface area contributed by atoms with Gasteiger partial charge in [-0.15, -0.1) is 0 Å². The molecule has 1 amide bonds. The van der Waals surface area contributed by atoms with Crippen LogP contribution in [0.15, 0.2) is 30.9 Å². The van der Waals surface area contributed by atoms with Crippen molar-refractivity contribution < 1.29 is 9.53 Å². The second-order valence-corrected chi connectivity index (χ2v) is 5.47. The van der Waals surface area contributed by atoms with Gasteiger partial charge in [-0.05, 0) is 19.1 Å². The van der Waals surface area contributed by atoms with Crippen molar-refractivity contribution in [2.75, 3.05) is 38.3 Å². The van der Waals surface area contributed by atoms with E-state index in [1.165, 1.54) is 6.33 Å². The van der Waals surface area contributed by atoms with Crippen LogP contribution in [-0.2, 0) is 4.74 Å². The molecule has 8 nitrogen and oxygen atoms in total. The zero-order valence-electron chi connectivity index (χ0n) is 13.8. The highest BCUT2D eigenvalue weighted by Crippen LogP contribution is 2.24. The van der Waals surface area contributed by atoms with Crippen molar-refractivity contribution in [2.45, 2.75) is 13.0 Å². The molecule has 3 heterocycles. The third-order valence-corrected chi connectivity index (χ3v) is 4.01. The monoisotopic (exact) mass is 328 g/mol. The van der Waals surface area contributed by atoms with Crippen LogP contribution in [0.25, 0.3) is 0 Å². The number of hydrogen-bond acceptors (Lipinski definition) is 7. The summed E-state index contributed by atoms with van der Waals surface area (Å²) < 4.78 is 5.56. The van der Waals surface area contributed by atoms with E-state index in [2.05, 4.69) is 26.9 Å². The molecule has 0 aliphatic carbocycles. The number of ether oxygens (including phenoxy) is 1.